The van der Waals surface area contributed by atoms with E-state index in [1.54, 1.807) is 19.0 Å². The van der Waals surface area contributed by atoms with Crippen molar-refractivity contribution in [3.05, 3.63) is 29.3 Å². The molecule has 1 atom stereocenters. The molecule has 4 nitrogen and oxygen atoms in total. The SMILES string of the molecule is CNC(O)c1ccc2c(c1)CC(=O)N2C. The first kappa shape index (κ1) is 10.1. The van der Waals surface area contributed by atoms with E-state index in [2.05, 4.69) is 5.32 Å². The van der Waals surface area contributed by atoms with Crippen molar-refractivity contribution in [1.29, 1.82) is 0 Å². The molecule has 15 heavy (non-hydrogen) atoms. The van der Waals surface area contributed by atoms with Crippen LogP contribution in [-0.2, 0) is 11.2 Å². The van der Waals surface area contributed by atoms with E-state index >= 15 is 0 Å². The number of likely N-dealkylation sites (N-methyl/N-ethyl adjacent to an activating group) is 1. The molecule has 1 heterocycles. The number of anilines is 1. The Bertz CT molecular complexity index is 404. The second-order valence-corrected chi connectivity index (χ2v) is 3.71. The molecule has 1 aliphatic rings. The van der Waals surface area contributed by atoms with Crippen LogP contribution in [-0.4, -0.2) is 25.1 Å². The summed E-state index contributed by atoms with van der Waals surface area (Å²) >= 11 is 0. The van der Waals surface area contributed by atoms with Crippen LogP contribution in [0.4, 0.5) is 5.69 Å². The van der Waals surface area contributed by atoms with Gasteiger partial charge in [-0.25, -0.2) is 0 Å². The lowest BCUT2D eigenvalue weighted by atomic mass is 10.1. The number of benzene rings is 1. The maximum Gasteiger partial charge on any atom is 0.231 e. The number of aliphatic hydroxyl groups is 1. The Morgan fingerprint density at radius 3 is 2.93 bits per heavy atom. The fourth-order valence-electron chi connectivity index (χ4n) is 1.83. The third-order valence-corrected chi connectivity index (χ3v) is 2.77. The highest BCUT2D eigenvalue weighted by Gasteiger charge is 2.24. The average Bonchev–Trinajstić information content (AvgIpc) is 2.53. The van der Waals surface area contributed by atoms with Gasteiger partial charge in [0.2, 0.25) is 5.91 Å². The summed E-state index contributed by atoms with van der Waals surface area (Å²) in [6, 6.07) is 5.57. The Labute approximate surface area is 88.5 Å². The van der Waals surface area contributed by atoms with Gasteiger partial charge in [-0.2, -0.15) is 0 Å². The third-order valence-electron chi connectivity index (χ3n) is 2.77. The molecule has 0 fully saturated rings. The van der Waals surface area contributed by atoms with Gasteiger partial charge in [0, 0.05) is 12.7 Å². The lowest BCUT2D eigenvalue weighted by Gasteiger charge is -2.13. The van der Waals surface area contributed by atoms with Gasteiger partial charge in [0.05, 0.1) is 6.42 Å². The standard InChI is InChI=1S/C11H14N2O2/c1-12-11(15)7-3-4-9-8(5-7)6-10(14)13(9)2/h3-5,11-12,15H,6H2,1-2H3. The predicted molar refractivity (Wildman–Crippen MR) is 57.6 cm³/mol. The summed E-state index contributed by atoms with van der Waals surface area (Å²) < 4.78 is 0. The van der Waals surface area contributed by atoms with Crippen molar-refractivity contribution in [2.75, 3.05) is 19.0 Å². The molecule has 1 amide bonds. The minimum atomic E-state index is -0.670. The largest absolute Gasteiger partial charge is 0.374 e. The van der Waals surface area contributed by atoms with Gasteiger partial charge in [-0.1, -0.05) is 6.07 Å². The van der Waals surface area contributed by atoms with Crippen molar-refractivity contribution in [3.63, 3.8) is 0 Å². The molecule has 0 bridgehead atoms. The normalized spacial score (nSPS) is 16.7. The van der Waals surface area contributed by atoms with Crippen molar-refractivity contribution >= 4 is 11.6 Å². The molecular formula is C11H14N2O2. The van der Waals surface area contributed by atoms with Crippen LogP contribution in [0.25, 0.3) is 0 Å². The summed E-state index contributed by atoms with van der Waals surface area (Å²) in [6.45, 7) is 0. The fourth-order valence-corrected chi connectivity index (χ4v) is 1.83. The highest BCUT2D eigenvalue weighted by molar-refractivity contribution is 6.00. The van der Waals surface area contributed by atoms with Gasteiger partial charge in [-0.05, 0) is 30.3 Å². The van der Waals surface area contributed by atoms with E-state index in [1.165, 1.54) is 0 Å². The molecule has 0 radical (unpaired) electrons. The van der Waals surface area contributed by atoms with Crippen LogP contribution in [0, 0.1) is 0 Å². The highest BCUT2D eigenvalue weighted by atomic mass is 16.3. The number of amides is 1. The molecule has 1 unspecified atom stereocenters. The second kappa shape index (κ2) is 3.64. The lowest BCUT2D eigenvalue weighted by Crippen LogP contribution is -2.20. The van der Waals surface area contributed by atoms with E-state index in [0.29, 0.717) is 6.42 Å². The van der Waals surface area contributed by atoms with E-state index in [1.807, 2.05) is 18.2 Å². The molecule has 0 saturated carbocycles. The molecule has 0 saturated heterocycles. The molecule has 2 rings (SSSR count). The molecule has 1 aliphatic heterocycles. The Balaban J connectivity index is 2.37. The quantitative estimate of drug-likeness (QED) is 0.689. The van der Waals surface area contributed by atoms with Crippen LogP contribution in [0.3, 0.4) is 0 Å². The summed E-state index contributed by atoms with van der Waals surface area (Å²) in [7, 11) is 3.46. The zero-order valence-electron chi connectivity index (χ0n) is 8.82. The van der Waals surface area contributed by atoms with E-state index in [0.717, 1.165) is 16.8 Å². The molecule has 80 valence electrons. The van der Waals surface area contributed by atoms with Crippen molar-refractivity contribution < 1.29 is 9.90 Å². The average molecular weight is 206 g/mol. The van der Waals surface area contributed by atoms with E-state index in [-0.39, 0.29) is 5.91 Å². The maximum atomic E-state index is 11.4. The van der Waals surface area contributed by atoms with Crippen molar-refractivity contribution in [1.82, 2.24) is 5.32 Å². The van der Waals surface area contributed by atoms with Crippen LogP contribution in [0.5, 0.6) is 0 Å². The molecule has 1 aromatic carbocycles. The smallest absolute Gasteiger partial charge is 0.231 e. The lowest BCUT2D eigenvalue weighted by molar-refractivity contribution is -0.117. The zero-order chi connectivity index (χ0) is 11.0. The second-order valence-electron chi connectivity index (χ2n) is 3.71. The van der Waals surface area contributed by atoms with Gasteiger partial charge >= 0.3 is 0 Å². The third kappa shape index (κ3) is 1.62. The predicted octanol–water partition coefficient (Wildman–Crippen LogP) is 0.416. The molecule has 0 aromatic heterocycles. The first-order valence-electron chi connectivity index (χ1n) is 4.88. The monoisotopic (exact) mass is 206 g/mol. The molecule has 4 heteroatoms. The van der Waals surface area contributed by atoms with E-state index < -0.39 is 6.23 Å². The zero-order valence-corrected chi connectivity index (χ0v) is 8.82. The molecule has 2 N–H and O–H groups in total. The van der Waals surface area contributed by atoms with E-state index in [4.69, 9.17) is 0 Å². The fraction of sp³-hybridized carbons (Fsp3) is 0.364. The van der Waals surface area contributed by atoms with Crippen LogP contribution in [0.1, 0.15) is 17.4 Å². The summed E-state index contributed by atoms with van der Waals surface area (Å²) in [5.74, 6) is 0.0982. The van der Waals surface area contributed by atoms with Gasteiger partial charge in [-0.15, -0.1) is 0 Å². The Hall–Kier alpha value is -1.39. The minimum absolute atomic E-state index is 0.0982. The van der Waals surface area contributed by atoms with Crippen molar-refractivity contribution in [2.45, 2.75) is 12.6 Å². The number of hydrogen-bond donors (Lipinski definition) is 2. The van der Waals surface area contributed by atoms with Crippen LogP contribution in [0.15, 0.2) is 18.2 Å². The van der Waals surface area contributed by atoms with Crippen LogP contribution < -0.4 is 10.2 Å². The molecular weight excluding hydrogens is 192 g/mol. The van der Waals surface area contributed by atoms with Crippen LogP contribution in [0.2, 0.25) is 0 Å². The van der Waals surface area contributed by atoms with E-state index in [9.17, 15) is 9.90 Å². The minimum Gasteiger partial charge on any atom is -0.374 e. The van der Waals surface area contributed by atoms with Gasteiger partial charge < -0.3 is 10.0 Å². The number of fused-ring (bicyclic) bond motifs is 1. The number of carbonyl (C=O) groups excluding carboxylic acids is 1. The Morgan fingerprint density at radius 2 is 2.27 bits per heavy atom. The number of aliphatic hydroxyl groups excluding tert-OH is 1. The van der Waals surface area contributed by atoms with Gasteiger partial charge in [0.25, 0.3) is 0 Å². The number of carbonyl (C=O) groups is 1. The highest BCUT2D eigenvalue weighted by Crippen LogP contribution is 2.29. The number of nitrogens with one attached hydrogen (secondary N) is 1. The summed E-state index contributed by atoms with van der Waals surface area (Å²) in [6.07, 6.45) is -0.243. The first-order valence-corrected chi connectivity index (χ1v) is 4.88. The first-order chi connectivity index (χ1) is 7.13. The number of nitrogens with zero attached hydrogens (tertiary/aromatic N) is 1. The molecule has 0 aliphatic carbocycles. The van der Waals surface area contributed by atoms with Gasteiger partial charge in [0.1, 0.15) is 6.23 Å². The summed E-state index contributed by atoms with van der Waals surface area (Å²) in [5.41, 5.74) is 2.71. The molecule has 1 aromatic rings. The molecule has 0 spiro atoms. The summed E-state index contributed by atoms with van der Waals surface area (Å²) in [5, 5.41) is 12.3. The van der Waals surface area contributed by atoms with Gasteiger partial charge in [0.15, 0.2) is 0 Å². The van der Waals surface area contributed by atoms with Crippen molar-refractivity contribution in [3.8, 4) is 0 Å². The number of hydrogen-bond acceptors (Lipinski definition) is 3. The Morgan fingerprint density at radius 1 is 1.53 bits per heavy atom. The van der Waals surface area contributed by atoms with Crippen LogP contribution >= 0.6 is 0 Å². The topological polar surface area (TPSA) is 52.6 Å². The number of rotatable bonds is 2. The van der Waals surface area contributed by atoms with Crippen molar-refractivity contribution in [2.24, 2.45) is 0 Å². The Kier molecular flexibility index (Phi) is 2.46. The van der Waals surface area contributed by atoms with Gasteiger partial charge in [-0.3, -0.25) is 10.1 Å². The maximum absolute atomic E-state index is 11.4. The summed E-state index contributed by atoms with van der Waals surface area (Å²) in [4.78, 5) is 13.1.